The third-order valence-electron chi connectivity index (χ3n) is 2.42. The lowest BCUT2D eigenvalue weighted by Gasteiger charge is -2.18. The van der Waals surface area contributed by atoms with Crippen LogP contribution < -0.4 is 0 Å². The van der Waals surface area contributed by atoms with Crippen LogP contribution in [0.1, 0.15) is 16.8 Å². The summed E-state index contributed by atoms with van der Waals surface area (Å²) in [7, 11) is 1.31. The van der Waals surface area contributed by atoms with Gasteiger partial charge in [0.2, 0.25) is 0 Å². The molecule has 0 aromatic heterocycles. The Morgan fingerprint density at radius 1 is 1.32 bits per heavy atom. The first-order valence-electron chi connectivity index (χ1n) is 5.43. The summed E-state index contributed by atoms with van der Waals surface area (Å²) >= 11 is 11.6. The Labute approximate surface area is 119 Å². The molecule has 2 nitrogen and oxygen atoms in total. The molecule has 0 spiro atoms. The number of Topliss-reactive ketones (excluding diaryl/α,β-unsaturated/α-hetero) is 1. The Balaban J connectivity index is 2.59. The third-order valence-corrected chi connectivity index (χ3v) is 3.24. The number of carbonyl (C=O) groups is 1. The highest BCUT2D eigenvalue weighted by molar-refractivity contribution is 6.43. The van der Waals surface area contributed by atoms with E-state index >= 15 is 0 Å². The van der Waals surface area contributed by atoms with Gasteiger partial charge in [0.25, 0.3) is 0 Å². The van der Waals surface area contributed by atoms with Crippen LogP contribution in [0.4, 0.5) is 13.2 Å². The van der Waals surface area contributed by atoms with Crippen molar-refractivity contribution in [2.45, 2.75) is 12.6 Å². The lowest BCUT2D eigenvalue weighted by Crippen LogP contribution is -2.32. The number of hydrogen-bond donors (Lipinski definition) is 0. The highest BCUT2D eigenvalue weighted by atomic mass is 35.5. The molecule has 0 bridgehead atoms. The molecule has 106 valence electrons. The molecule has 0 atom stereocenters. The number of benzene rings is 1. The fraction of sp³-hybridized carbons (Fsp3) is 0.417. The Morgan fingerprint density at radius 3 is 2.53 bits per heavy atom. The second-order valence-electron chi connectivity index (χ2n) is 4.13. The zero-order chi connectivity index (χ0) is 14.6. The van der Waals surface area contributed by atoms with Gasteiger partial charge in [0.15, 0.2) is 5.78 Å². The standard InChI is InChI=1S/C12H12Cl2F3NO/c1-18(7-12(15,16)17)6-5-10(19)8-3-2-4-9(13)11(8)14/h2-4H,5-7H2,1H3. The highest BCUT2D eigenvalue weighted by Gasteiger charge is 2.29. The number of carbonyl (C=O) groups excluding carboxylic acids is 1. The third kappa shape index (κ3) is 5.38. The summed E-state index contributed by atoms with van der Waals surface area (Å²) in [4.78, 5) is 12.9. The van der Waals surface area contributed by atoms with Crippen molar-refractivity contribution in [1.29, 1.82) is 0 Å². The van der Waals surface area contributed by atoms with Crippen LogP contribution in [-0.4, -0.2) is 37.0 Å². The Bertz CT molecular complexity index is 463. The molecule has 0 fully saturated rings. The van der Waals surface area contributed by atoms with E-state index in [1.165, 1.54) is 19.2 Å². The van der Waals surface area contributed by atoms with E-state index in [9.17, 15) is 18.0 Å². The largest absolute Gasteiger partial charge is 0.401 e. The maximum atomic E-state index is 12.1. The molecule has 19 heavy (non-hydrogen) atoms. The van der Waals surface area contributed by atoms with Crippen molar-refractivity contribution in [1.82, 2.24) is 4.90 Å². The van der Waals surface area contributed by atoms with Crippen LogP contribution in [0.5, 0.6) is 0 Å². The van der Waals surface area contributed by atoms with Crippen LogP contribution in [0, 0.1) is 0 Å². The molecular weight excluding hydrogens is 302 g/mol. The first kappa shape index (κ1) is 16.3. The predicted molar refractivity (Wildman–Crippen MR) is 69.0 cm³/mol. The van der Waals surface area contributed by atoms with Crippen LogP contribution in [0.15, 0.2) is 18.2 Å². The van der Waals surface area contributed by atoms with Gasteiger partial charge in [0.05, 0.1) is 16.6 Å². The molecule has 7 heteroatoms. The molecule has 0 heterocycles. The number of nitrogens with zero attached hydrogens (tertiary/aromatic N) is 1. The second-order valence-corrected chi connectivity index (χ2v) is 4.91. The molecule has 0 N–H and O–H groups in total. The van der Waals surface area contributed by atoms with Crippen LogP contribution in [0.3, 0.4) is 0 Å². The molecule has 0 aliphatic rings. The number of alkyl halides is 3. The van der Waals surface area contributed by atoms with Gasteiger partial charge >= 0.3 is 6.18 Å². The fourth-order valence-corrected chi connectivity index (χ4v) is 1.94. The minimum Gasteiger partial charge on any atom is -0.298 e. The number of hydrogen-bond acceptors (Lipinski definition) is 2. The van der Waals surface area contributed by atoms with Gasteiger partial charge in [-0.25, -0.2) is 0 Å². The summed E-state index contributed by atoms with van der Waals surface area (Å²) in [6.45, 7) is -1.05. The van der Waals surface area contributed by atoms with Gasteiger partial charge in [0.1, 0.15) is 0 Å². The fourth-order valence-electron chi connectivity index (χ4n) is 1.53. The summed E-state index contributed by atoms with van der Waals surface area (Å²) in [6, 6.07) is 4.61. The molecule has 0 unspecified atom stereocenters. The lowest BCUT2D eigenvalue weighted by atomic mass is 10.1. The summed E-state index contributed by atoms with van der Waals surface area (Å²) in [5.41, 5.74) is 0.231. The smallest absolute Gasteiger partial charge is 0.298 e. The van der Waals surface area contributed by atoms with Crippen molar-refractivity contribution in [3.05, 3.63) is 33.8 Å². The summed E-state index contributed by atoms with van der Waals surface area (Å²) in [5, 5.41) is 0.379. The lowest BCUT2D eigenvalue weighted by molar-refractivity contribution is -0.142. The van der Waals surface area contributed by atoms with E-state index in [0.717, 1.165) is 4.90 Å². The topological polar surface area (TPSA) is 20.3 Å². The molecular formula is C12H12Cl2F3NO. The van der Waals surface area contributed by atoms with E-state index in [1.54, 1.807) is 6.07 Å². The van der Waals surface area contributed by atoms with Crippen molar-refractivity contribution in [3.8, 4) is 0 Å². The van der Waals surface area contributed by atoms with Gasteiger partial charge in [-0.2, -0.15) is 13.2 Å². The minimum absolute atomic E-state index is 0.00118. The van der Waals surface area contributed by atoms with Crippen molar-refractivity contribution < 1.29 is 18.0 Å². The molecule has 1 aromatic carbocycles. The van der Waals surface area contributed by atoms with Crippen LogP contribution in [0.2, 0.25) is 10.0 Å². The van der Waals surface area contributed by atoms with Gasteiger partial charge in [-0.3, -0.25) is 9.69 Å². The Morgan fingerprint density at radius 2 is 1.95 bits per heavy atom. The minimum atomic E-state index is -4.27. The molecule has 1 rings (SSSR count). The monoisotopic (exact) mass is 313 g/mol. The van der Waals surface area contributed by atoms with Gasteiger partial charge in [-0.1, -0.05) is 29.3 Å². The van der Waals surface area contributed by atoms with Gasteiger partial charge in [-0.05, 0) is 19.2 Å². The number of ketones is 1. The van der Waals surface area contributed by atoms with E-state index in [4.69, 9.17) is 23.2 Å². The van der Waals surface area contributed by atoms with E-state index in [-0.39, 0.29) is 34.4 Å². The number of halogens is 5. The van der Waals surface area contributed by atoms with E-state index in [1.807, 2.05) is 0 Å². The highest BCUT2D eigenvalue weighted by Crippen LogP contribution is 2.26. The van der Waals surface area contributed by atoms with Crippen LogP contribution >= 0.6 is 23.2 Å². The maximum Gasteiger partial charge on any atom is 0.401 e. The van der Waals surface area contributed by atoms with Crippen molar-refractivity contribution >= 4 is 29.0 Å². The molecule has 1 aromatic rings. The zero-order valence-electron chi connectivity index (χ0n) is 10.1. The maximum absolute atomic E-state index is 12.1. The normalized spacial score (nSPS) is 11.9. The summed E-state index contributed by atoms with van der Waals surface area (Å²) < 4.78 is 36.3. The molecule has 0 radical (unpaired) electrons. The Kier molecular flexibility index (Phi) is 5.64. The molecule has 0 aliphatic carbocycles. The predicted octanol–water partition coefficient (Wildman–Crippen LogP) is 4.06. The van der Waals surface area contributed by atoms with E-state index < -0.39 is 12.7 Å². The van der Waals surface area contributed by atoms with Crippen LogP contribution in [0.25, 0.3) is 0 Å². The Hall–Kier alpha value is -0.780. The first-order valence-corrected chi connectivity index (χ1v) is 6.19. The van der Waals surface area contributed by atoms with E-state index in [2.05, 4.69) is 0 Å². The quantitative estimate of drug-likeness (QED) is 0.764. The average Bonchev–Trinajstić information content (AvgIpc) is 2.27. The van der Waals surface area contributed by atoms with Gasteiger partial charge < -0.3 is 0 Å². The number of rotatable bonds is 5. The van der Waals surface area contributed by atoms with Crippen molar-refractivity contribution in [2.24, 2.45) is 0 Å². The SMILES string of the molecule is CN(CCC(=O)c1cccc(Cl)c1Cl)CC(F)(F)F. The van der Waals surface area contributed by atoms with Gasteiger partial charge in [0, 0.05) is 18.5 Å². The van der Waals surface area contributed by atoms with Gasteiger partial charge in [-0.15, -0.1) is 0 Å². The molecule has 0 saturated carbocycles. The van der Waals surface area contributed by atoms with Crippen molar-refractivity contribution in [2.75, 3.05) is 20.1 Å². The summed E-state index contributed by atoms with van der Waals surface area (Å²) in [5.74, 6) is -0.332. The zero-order valence-corrected chi connectivity index (χ0v) is 11.6. The molecule has 0 saturated heterocycles. The first-order chi connectivity index (χ1) is 8.70. The average molecular weight is 314 g/mol. The second kappa shape index (κ2) is 6.59. The van der Waals surface area contributed by atoms with Crippen molar-refractivity contribution in [3.63, 3.8) is 0 Å². The summed E-state index contributed by atoms with van der Waals surface area (Å²) in [6.07, 6.45) is -4.32. The van der Waals surface area contributed by atoms with Crippen LogP contribution in [-0.2, 0) is 0 Å². The van der Waals surface area contributed by atoms with E-state index in [0.29, 0.717) is 0 Å². The molecule has 0 aliphatic heterocycles. The molecule has 0 amide bonds.